The molecule has 2 aromatic rings. The number of nitrogens with zero attached hydrogens (tertiary/aromatic N) is 3. The van der Waals surface area contributed by atoms with E-state index in [0.717, 1.165) is 16.9 Å². The smallest absolute Gasteiger partial charge is 0.349 e. The fourth-order valence-electron chi connectivity index (χ4n) is 2.73. The Morgan fingerprint density at radius 2 is 1.89 bits per heavy atom. The molecule has 156 valence electrons. The van der Waals surface area contributed by atoms with Crippen LogP contribution >= 0.6 is 36.2 Å². The van der Waals surface area contributed by atoms with Crippen molar-refractivity contribution in [3.05, 3.63) is 35.6 Å². The first-order valence-corrected chi connectivity index (χ1v) is 8.92. The van der Waals surface area contributed by atoms with Crippen LogP contribution in [0.5, 0.6) is 0 Å². The molecule has 1 atom stereocenters. The van der Waals surface area contributed by atoms with E-state index in [1.54, 1.807) is 24.5 Å². The van der Waals surface area contributed by atoms with Gasteiger partial charge in [0.05, 0.1) is 6.20 Å². The number of piperazine rings is 1. The molecule has 3 heterocycles. The van der Waals surface area contributed by atoms with Crippen LogP contribution in [0.25, 0.3) is 10.6 Å². The number of hydrogen-bond acceptors (Lipinski definition) is 6. The molecule has 0 radical (unpaired) electrons. The highest BCUT2D eigenvalue weighted by Gasteiger charge is 2.43. The summed E-state index contributed by atoms with van der Waals surface area (Å²) < 4.78 is 40.1. The highest BCUT2D eigenvalue weighted by molar-refractivity contribution is 7.16. The summed E-state index contributed by atoms with van der Waals surface area (Å²) >= 11 is 1.13. The topological polar surface area (TPSA) is 70.2 Å². The number of alkyl halides is 3. The molecule has 12 heteroatoms. The van der Waals surface area contributed by atoms with E-state index in [1.807, 2.05) is 0 Å². The molecule has 0 saturated carbocycles. The normalized spacial score (nSPS) is 15.8. The zero-order chi connectivity index (χ0) is 18.6. The Labute approximate surface area is 176 Å². The van der Waals surface area contributed by atoms with Crippen LogP contribution in [0.3, 0.4) is 0 Å². The average Bonchev–Trinajstić information content (AvgIpc) is 3.12. The molecule has 2 aromatic heterocycles. The van der Waals surface area contributed by atoms with Crippen LogP contribution in [-0.2, 0) is 0 Å². The number of thiazole rings is 1. The molecule has 0 spiro atoms. The van der Waals surface area contributed by atoms with Crippen molar-refractivity contribution in [2.45, 2.75) is 12.2 Å². The molecule has 3 rings (SSSR count). The van der Waals surface area contributed by atoms with E-state index in [9.17, 15) is 18.0 Å². The predicted octanol–water partition coefficient (Wildman–Crippen LogP) is 2.61. The minimum atomic E-state index is -4.40. The minimum Gasteiger partial charge on any atom is -0.349 e. The lowest BCUT2D eigenvalue weighted by atomic mass is 10.2. The molecule has 0 aliphatic carbocycles. The first-order valence-electron chi connectivity index (χ1n) is 8.11. The van der Waals surface area contributed by atoms with Crippen molar-refractivity contribution in [2.24, 2.45) is 0 Å². The molecule has 1 fully saturated rings. The molecule has 6 nitrogen and oxygen atoms in total. The van der Waals surface area contributed by atoms with E-state index >= 15 is 0 Å². The van der Waals surface area contributed by atoms with E-state index in [0.29, 0.717) is 31.2 Å². The molecule has 2 N–H and O–H groups in total. The Morgan fingerprint density at radius 1 is 1.25 bits per heavy atom. The van der Waals surface area contributed by atoms with Crippen molar-refractivity contribution in [1.82, 2.24) is 25.5 Å². The van der Waals surface area contributed by atoms with E-state index in [4.69, 9.17) is 0 Å². The number of pyridine rings is 1. The molecule has 1 unspecified atom stereocenters. The lowest BCUT2D eigenvalue weighted by molar-refractivity contribution is -0.183. The fraction of sp³-hybridized carbons (Fsp3) is 0.438. The van der Waals surface area contributed by atoms with Crippen molar-refractivity contribution in [3.8, 4) is 10.6 Å². The maximum absolute atomic E-state index is 13.4. The van der Waals surface area contributed by atoms with Crippen molar-refractivity contribution in [3.63, 3.8) is 0 Å². The second kappa shape index (κ2) is 10.9. The molecule has 1 aliphatic heterocycles. The van der Waals surface area contributed by atoms with Gasteiger partial charge in [0.15, 0.2) is 0 Å². The third-order valence-electron chi connectivity index (χ3n) is 4.08. The number of carbonyl (C=O) groups is 1. The fourth-order valence-corrected chi connectivity index (χ4v) is 3.57. The first-order chi connectivity index (χ1) is 12.4. The summed E-state index contributed by atoms with van der Waals surface area (Å²) in [5, 5.41) is 6.05. The van der Waals surface area contributed by atoms with Crippen molar-refractivity contribution >= 4 is 42.1 Å². The predicted molar refractivity (Wildman–Crippen MR) is 106 cm³/mol. The Morgan fingerprint density at radius 3 is 2.50 bits per heavy atom. The number of halogens is 5. The van der Waals surface area contributed by atoms with Crippen molar-refractivity contribution < 1.29 is 18.0 Å². The highest BCUT2D eigenvalue weighted by atomic mass is 35.5. The van der Waals surface area contributed by atoms with Gasteiger partial charge in [-0.3, -0.25) is 14.7 Å². The van der Waals surface area contributed by atoms with Gasteiger partial charge in [-0.1, -0.05) is 0 Å². The van der Waals surface area contributed by atoms with Crippen molar-refractivity contribution in [2.75, 3.05) is 32.7 Å². The molecular weight excluding hydrogens is 438 g/mol. The number of hydrogen-bond donors (Lipinski definition) is 2. The summed E-state index contributed by atoms with van der Waals surface area (Å²) in [6, 6.07) is 1.82. The third-order valence-corrected chi connectivity index (χ3v) is 5.13. The van der Waals surface area contributed by atoms with E-state index in [2.05, 4.69) is 20.6 Å². The Bertz CT molecular complexity index is 741. The summed E-state index contributed by atoms with van der Waals surface area (Å²) in [7, 11) is 0. The van der Waals surface area contributed by atoms with Crippen LogP contribution in [0.15, 0.2) is 30.7 Å². The van der Waals surface area contributed by atoms with Crippen LogP contribution in [0.1, 0.15) is 9.67 Å². The lowest BCUT2D eigenvalue weighted by Crippen LogP contribution is -2.57. The Kier molecular flexibility index (Phi) is 9.58. The van der Waals surface area contributed by atoms with Gasteiger partial charge < -0.3 is 10.6 Å². The lowest BCUT2D eigenvalue weighted by Gasteiger charge is -2.35. The van der Waals surface area contributed by atoms with E-state index in [1.165, 1.54) is 11.1 Å². The quantitative estimate of drug-likeness (QED) is 0.721. The molecule has 0 aromatic carbocycles. The zero-order valence-corrected chi connectivity index (χ0v) is 17.1. The van der Waals surface area contributed by atoms with Crippen LogP contribution in [-0.4, -0.2) is 65.7 Å². The number of aromatic nitrogens is 2. The van der Waals surface area contributed by atoms with Gasteiger partial charge in [-0.2, -0.15) is 13.2 Å². The summed E-state index contributed by atoms with van der Waals surface area (Å²) in [5.41, 5.74) is 0.804. The van der Waals surface area contributed by atoms with Gasteiger partial charge in [-0.25, -0.2) is 4.98 Å². The van der Waals surface area contributed by atoms with Gasteiger partial charge in [0, 0.05) is 50.7 Å². The van der Waals surface area contributed by atoms with Crippen LogP contribution in [0, 0.1) is 0 Å². The maximum atomic E-state index is 13.4. The summed E-state index contributed by atoms with van der Waals surface area (Å²) in [4.78, 5) is 22.0. The van der Waals surface area contributed by atoms with Gasteiger partial charge in [0.2, 0.25) is 0 Å². The third kappa shape index (κ3) is 6.28. The number of nitrogens with one attached hydrogen (secondary N) is 2. The number of carbonyl (C=O) groups excluding carboxylic acids is 1. The molecular formula is C16H20Cl2F3N5OS. The monoisotopic (exact) mass is 457 g/mol. The number of rotatable bonds is 5. The Hall–Kier alpha value is -1.46. The second-order valence-electron chi connectivity index (χ2n) is 5.82. The number of amides is 1. The Balaban J connectivity index is 0.00000196. The van der Waals surface area contributed by atoms with Crippen molar-refractivity contribution in [1.29, 1.82) is 0 Å². The maximum Gasteiger partial charge on any atom is 0.405 e. The summed E-state index contributed by atoms with van der Waals surface area (Å²) in [6.07, 6.45) is 0.194. The first kappa shape index (κ1) is 24.6. The second-order valence-corrected chi connectivity index (χ2v) is 6.85. The van der Waals surface area contributed by atoms with E-state index < -0.39 is 24.7 Å². The molecule has 1 saturated heterocycles. The van der Waals surface area contributed by atoms with E-state index in [-0.39, 0.29) is 29.7 Å². The minimum absolute atomic E-state index is 0. The van der Waals surface area contributed by atoms with Crippen LogP contribution in [0.4, 0.5) is 13.2 Å². The van der Waals surface area contributed by atoms with Gasteiger partial charge in [-0.15, -0.1) is 36.2 Å². The SMILES string of the molecule is Cl.Cl.O=C(NCC(N1CCNCC1)C(F)(F)F)c1cnc(-c2ccncc2)s1. The zero-order valence-electron chi connectivity index (χ0n) is 14.6. The van der Waals surface area contributed by atoms with Gasteiger partial charge >= 0.3 is 6.18 Å². The van der Waals surface area contributed by atoms with Crippen LogP contribution < -0.4 is 10.6 Å². The standard InChI is InChI=1S/C16H18F3N5OS.2ClH/c17-16(18,19)13(24-7-5-21-6-8-24)10-22-14(25)12-9-23-15(26-12)11-1-3-20-4-2-11;;/h1-4,9,13,21H,5-8,10H2,(H,22,25);2*1H. The molecule has 28 heavy (non-hydrogen) atoms. The van der Waals surface area contributed by atoms with Gasteiger partial charge in [0.1, 0.15) is 15.9 Å². The largest absolute Gasteiger partial charge is 0.405 e. The average molecular weight is 458 g/mol. The molecule has 1 aliphatic rings. The van der Waals surface area contributed by atoms with Crippen LogP contribution in [0.2, 0.25) is 0 Å². The van der Waals surface area contributed by atoms with Gasteiger partial charge in [0.25, 0.3) is 5.91 Å². The highest BCUT2D eigenvalue weighted by Crippen LogP contribution is 2.26. The van der Waals surface area contributed by atoms with Gasteiger partial charge in [-0.05, 0) is 12.1 Å². The summed E-state index contributed by atoms with van der Waals surface area (Å²) in [6.45, 7) is 1.12. The summed E-state index contributed by atoms with van der Waals surface area (Å²) in [5.74, 6) is -0.549. The molecule has 1 amide bonds. The molecule has 0 bridgehead atoms.